The number of thioether (sulfide) groups is 1. The molecule has 0 saturated carbocycles. The van der Waals surface area contributed by atoms with Gasteiger partial charge in [-0.05, 0) is 52.7 Å². The first-order valence-corrected chi connectivity index (χ1v) is 9.51. The quantitative estimate of drug-likeness (QED) is 0.844. The van der Waals surface area contributed by atoms with Gasteiger partial charge in [0.25, 0.3) is 0 Å². The Kier molecular flexibility index (Phi) is 5.11. The SMILES string of the molecule is NS(=O)(=O)c1ccc(NC(=O)C2CCCCS2)c(Br)c1. The Bertz CT molecular complexity index is 613. The monoisotopic (exact) mass is 378 g/mol. The first-order valence-electron chi connectivity index (χ1n) is 6.13. The van der Waals surface area contributed by atoms with Gasteiger partial charge in [-0.1, -0.05) is 6.42 Å². The average Bonchev–Trinajstić information content (AvgIpc) is 2.41. The largest absolute Gasteiger partial charge is 0.324 e. The van der Waals surface area contributed by atoms with Gasteiger partial charge in [0.1, 0.15) is 0 Å². The normalized spacial score (nSPS) is 19.6. The second kappa shape index (κ2) is 6.46. The Balaban J connectivity index is 2.11. The Morgan fingerprint density at radius 3 is 2.70 bits per heavy atom. The van der Waals surface area contributed by atoms with Crippen molar-refractivity contribution in [2.45, 2.75) is 29.4 Å². The first-order chi connectivity index (χ1) is 9.38. The van der Waals surface area contributed by atoms with Gasteiger partial charge in [-0.2, -0.15) is 0 Å². The van der Waals surface area contributed by atoms with E-state index in [0.29, 0.717) is 10.2 Å². The van der Waals surface area contributed by atoms with E-state index in [0.717, 1.165) is 25.0 Å². The van der Waals surface area contributed by atoms with Crippen molar-refractivity contribution in [3.63, 3.8) is 0 Å². The molecule has 1 unspecified atom stereocenters. The van der Waals surface area contributed by atoms with Crippen molar-refractivity contribution in [1.82, 2.24) is 0 Å². The molecular formula is C12H15BrN2O3S2. The van der Waals surface area contributed by atoms with E-state index >= 15 is 0 Å². The number of primary sulfonamides is 1. The van der Waals surface area contributed by atoms with Crippen LogP contribution in [0.1, 0.15) is 19.3 Å². The Hall–Kier alpha value is -0.570. The van der Waals surface area contributed by atoms with Crippen molar-refractivity contribution >= 4 is 49.3 Å². The summed E-state index contributed by atoms with van der Waals surface area (Å²) in [6, 6.07) is 4.30. The van der Waals surface area contributed by atoms with Crippen molar-refractivity contribution in [2.75, 3.05) is 11.1 Å². The predicted molar refractivity (Wildman–Crippen MR) is 84.2 cm³/mol. The minimum absolute atomic E-state index is 0.00872. The lowest BCUT2D eigenvalue weighted by atomic mass is 10.2. The Morgan fingerprint density at radius 2 is 2.15 bits per heavy atom. The van der Waals surface area contributed by atoms with Crippen LogP contribution in [0.25, 0.3) is 0 Å². The molecule has 1 aliphatic rings. The maximum atomic E-state index is 12.1. The van der Waals surface area contributed by atoms with E-state index in [1.165, 1.54) is 18.2 Å². The van der Waals surface area contributed by atoms with Crippen LogP contribution in [0.4, 0.5) is 5.69 Å². The van der Waals surface area contributed by atoms with Crippen molar-refractivity contribution < 1.29 is 13.2 Å². The number of hydrogen-bond donors (Lipinski definition) is 2. The molecule has 0 aromatic heterocycles. The van der Waals surface area contributed by atoms with Crippen LogP contribution in [0.2, 0.25) is 0 Å². The van der Waals surface area contributed by atoms with Crippen LogP contribution >= 0.6 is 27.7 Å². The number of amides is 1. The molecule has 3 N–H and O–H groups in total. The number of nitrogens with one attached hydrogen (secondary N) is 1. The molecule has 20 heavy (non-hydrogen) atoms. The van der Waals surface area contributed by atoms with Gasteiger partial charge >= 0.3 is 0 Å². The molecule has 1 heterocycles. The lowest BCUT2D eigenvalue weighted by Gasteiger charge is -2.20. The molecule has 0 radical (unpaired) electrons. The van der Waals surface area contributed by atoms with Crippen molar-refractivity contribution in [3.05, 3.63) is 22.7 Å². The lowest BCUT2D eigenvalue weighted by Crippen LogP contribution is -2.27. The van der Waals surface area contributed by atoms with E-state index < -0.39 is 10.0 Å². The minimum Gasteiger partial charge on any atom is -0.324 e. The third-order valence-electron chi connectivity index (χ3n) is 3.00. The Labute approximate surface area is 130 Å². The summed E-state index contributed by atoms with van der Waals surface area (Å²) >= 11 is 4.91. The lowest BCUT2D eigenvalue weighted by molar-refractivity contribution is -0.115. The van der Waals surface area contributed by atoms with Crippen LogP contribution in [0.3, 0.4) is 0 Å². The second-order valence-electron chi connectivity index (χ2n) is 4.53. The summed E-state index contributed by atoms with van der Waals surface area (Å²) in [6.45, 7) is 0. The zero-order valence-electron chi connectivity index (χ0n) is 10.6. The maximum Gasteiger partial charge on any atom is 0.238 e. The standard InChI is InChI=1S/C12H15BrN2O3S2/c13-9-7-8(20(14,17)18)4-5-10(9)15-12(16)11-3-1-2-6-19-11/h4-5,7,11H,1-3,6H2,(H,15,16)(H2,14,17,18). The molecule has 1 fully saturated rings. The van der Waals surface area contributed by atoms with E-state index in [4.69, 9.17) is 5.14 Å². The van der Waals surface area contributed by atoms with Crippen LogP contribution in [-0.2, 0) is 14.8 Å². The van der Waals surface area contributed by atoms with Crippen molar-refractivity contribution in [3.8, 4) is 0 Å². The smallest absolute Gasteiger partial charge is 0.238 e. The third-order valence-corrected chi connectivity index (χ3v) is 5.94. The van der Waals surface area contributed by atoms with Crippen LogP contribution in [0.15, 0.2) is 27.6 Å². The maximum absolute atomic E-state index is 12.1. The van der Waals surface area contributed by atoms with E-state index in [-0.39, 0.29) is 16.1 Å². The van der Waals surface area contributed by atoms with E-state index in [1.54, 1.807) is 11.8 Å². The van der Waals surface area contributed by atoms with Gasteiger partial charge in [0.15, 0.2) is 0 Å². The number of carbonyl (C=O) groups is 1. The number of anilines is 1. The summed E-state index contributed by atoms with van der Waals surface area (Å²) in [6.07, 6.45) is 3.10. The second-order valence-corrected chi connectivity index (χ2v) is 8.26. The molecule has 0 spiro atoms. The zero-order valence-corrected chi connectivity index (χ0v) is 13.9. The van der Waals surface area contributed by atoms with E-state index in [1.807, 2.05) is 0 Å². The van der Waals surface area contributed by atoms with Gasteiger partial charge in [0, 0.05) is 4.47 Å². The molecule has 1 aromatic rings. The molecule has 1 amide bonds. The fourth-order valence-corrected chi connectivity index (χ4v) is 4.30. The van der Waals surface area contributed by atoms with Crippen LogP contribution in [0, 0.1) is 0 Å². The van der Waals surface area contributed by atoms with E-state index in [9.17, 15) is 13.2 Å². The number of halogens is 1. The van der Waals surface area contributed by atoms with Gasteiger partial charge in [0.05, 0.1) is 15.8 Å². The highest BCUT2D eigenvalue weighted by Gasteiger charge is 2.22. The molecule has 1 aromatic carbocycles. The molecular weight excluding hydrogens is 364 g/mol. The number of nitrogens with two attached hydrogens (primary N) is 1. The summed E-state index contributed by atoms with van der Waals surface area (Å²) in [5, 5.41) is 7.84. The van der Waals surface area contributed by atoms with Crippen LogP contribution < -0.4 is 10.5 Å². The topological polar surface area (TPSA) is 89.3 Å². The summed E-state index contributed by atoms with van der Waals surface area (Å²) in [4.78, 5) is 12.1. The summed E-state index contributed by atoms with van der Waals surface area (Å²) in [7, 11) is -3.74. The fourth-order valence-electron chi connectivity index (χ4n) is 1.93. The summed E-state index contributed by atoms with van der Waals surface area (Å²) in [5.74, 6) is 0.961. The van der Waals surface area contributed by atoms with E-state index in [2.05, 4.69) is 21.2 Å². The molecule has 8 heteroatoms. The van der Waals surface area contributed by atoms with Crippen molar-refractivity contribution in [2.24, 2.45) is 5.14 Å². The third kappa shape index (κ3) is 3.97. The van der Waals surface area contributed by atoms with Crippen LogP contribution in [0.5, 0.6) is 0 Å². The predicted octanol–water partition coefficient (Wildman–Crippen LogP) is 2.32. The summed E-state index contributed by atoms with van der Waals surface area (Å²) < 4.78 is 23.0. The number of benzene rings is 1. The molecule has 1 saturated heterocycles. The van der Waals surface area contributed by atoms with Crippen LogP contribution in [-0.4, -0.2) is 25.3 Å². The molecule has 110 valence electrons. The minimum atomic E-state index is -3.74. The molecule has 1 aliphatic heterocycles. The number of carbonyl (C=O) groups excluding carboxylic acids is 1. The highest BCUT2D eigenvalue weighted by molar-refractivity contribution is 9.10. The van der Waals surface area contributed by atoms with Gasteiger partial charge in [-0.25, -0.2) is 13.6 Å². The van der Waals surface area contributed by atoms with Crippen molar-refractivity contribution in [1.29, 1.82) is 0 Å². The Morgan fingerprint density at radius 1 is 1.40 bits per heavy atom. The molecule has 1 atom stereocenters. The summed E-state index contributed by atoms with van der Waals surface area (Å²) in [5.41, 5.74) is 0.550. The number of rotatable bonds is 3. The molecule has 0 bridgehead atoms. The van der Waals surface area contributed by atoms with Gasteiger partial charge in [-0.3, -0.25) is 4.79 Å². The zero-order chi connectivity index (χ0) is 14.8. The molecule has 0 aliphatic carbocycles. The van der Waals surface area contributed by atoms with Gasteiger partial charge < -0.3 is 5.32 Å². The first kappa shape index (κ1) is 15.8. The van der Waals surface area contributed by atoms with Gasteiger partial charge in [-0.15, -0.1) is 11.8 Å². The highest BCUT2D eigenvalue weighted by atomic mass is 79.9. The van der Waals surface area contributed by atoms with Gasteiger partial charge in [0.2, 0.25) is 15.9 Å². The molecule has 2 rings (SSSR count). The highest BCUT2D eigenvalue weighted by Crippen LogP contribution is 2.29. The number of hydrogen-bond acceptors (Lipinski definition) is 4. The fraction of sp³-hybridized carbons (Fsp3) is 0.417. The number of sulfonamides is 1. The molecule has 5 nitrogen and oxygen atoms in total. The average molecular weight is 379 g/mol.